The Morgan fingerprint density at radius 2 is 1.34 bits per heavy atom. The van der Waals surface area contributed by atoms with Crippen LogP contribution < -0.4 is 10.5 Å². The van der Waals surface area contributed by atoms with Crippen LogP contribution in [0.15, 0.2) is 30.3 Å². The third-order valence-electron chi connectivity index (χ3n) is 6.06. The van der Waals surface area contributed by atoms with E-state index in [0.29, 0.717) is 6.42 Å². The van der Waals surface area contributed by atoms with E-state index < -0.39 is 13.6 Å². The molecule has 1 rings (SSSR count). The molecular formula is C24H43NO3Si. The average molecular weight is 422 g/mol. The van der Waals surface area contributed by atoms with E-state index in [-0.39, 0.29) is 19.1 Å². The summed E-state index contributed by atoms with van der Waals surface area (Å²) >= 11 is 0. The third-order valence-corrected chi connectivity index (χ3v) is 9.56. The molecule has 0 unspecified atom stereocenters. The van der Waals surface area contributed by atoms with Crippen molar-refractivity contribution in [1.82, 2.24) is 5.32 Å². The van der Waals surface area contributed by atoms with Crippen molar-refractivity contribution in [1.29, 1.82) is 0 Å². The van der Waals surface area contributed by atoms with Crippen molar-refractivity contribution in [3.8, 4) is 0 Å². The predicted molar refractivity (Wildman–Crippen MR) is 125 cm³/mol. The van der Waals surface area contributed by atoms with Gasteiger partial charge < -0.3 is 15.5 Å². The van der Waals surface area contributed by atoms with Gasteiger partial charge in [0.1, 0.15) is 0 Å². The van der Waals surface area contributed by atoms with E-state index in [9.17, 15) is 15.0 Å². The van der Waals surface area contributed by atoms with Gasteiger partial charge in [-0.2, -0.15) is 0 Å². The second-order valence-corrected chi connectivity index (χ2v) is 14.1. The van der Waals surface area contributed by atoms with Crippen molar-refractivity contribution in [3.63, 3.8) is 0 Å². The fourth-order valence-corrected chi connectivity index (χ4v) is 6.54. The number of hydrogen-bond acceptors (Lipinski definition) is 3. The van der Waals surface area contributed by atoms with Gasteiger partial charge in [0.25, 0.3) is 0 Å². The van der Waals surface area contributed by atoms with Gasteiger partial charge in [-0.25, -0.2) is 0 Å². The Morgan fingerprint density at radius 1 is 0.862 bits per heavy atom. The Hall–Kier alpha value is -1.17. The van der Waals surface area contributed by atoms with E-state index in [1.807, 2.05) is 0 Å². The molecule has 0 radical (unpaired) electrons. The van der Waals surface area contributed by atoms with E-state index >= 15 is 0 Å². The summed E-state index contributed by atoms with van der Waals surface area (Å²) < 4.78 is 0. The molecule has 5 heteroatoms. The van der Waals surface area contributed by atoms with Gasteiger partial charge in [0.15, 0.2) is 0 Å². The molecule has 0 spiro atoms. The Morgan fingerprint density at radius 3 is 1.83 bits per heavy atom. The van der Waals surface area contributed by atoms with Gasteiger partial charge in [0.2, 0.25) is 5.91 Å². The minimum absolute atomic E-state index is 0.206. The number of aliphatic hydroxyl groups excluding tert-OH is 2. The summed E-state index contributed by atoms with van der Waals surface area (Å²) in [5.41, 5.74) is -0.858. The summed E-state index contributed by atoms with van der Waals surface area (Å²) in [7, 11) is -1.26. The number of rotatable bonds is 16. The van der Waals surface area contributed by atoms with E-state index in [1.54, 1.807) is 5.19 Å². The molecule has 0 aromatic heterocycles. The standard InChI is InChI=1S/C24H43NO3Si/c1-22(28)25-24(20-26,21-27)18-14-9-7-5-4-6-8-10-15-19-29(2,3)23-16-12-11-13-17-23/h11-13,16-17,26-27H,4-10,14-15,18-21H2,1-3H3,(H,25,28). The number of aliphatic hydroxyl groups is 2. The largest absolute Gasteiger partial charge is 0.394 e. The van der Waals surface area contributed by atoms with Crippen molar-refractivity contribution in [2.24, 2.45) is 0 Å². The lowest BCUT2D eigenvalue weighted by Crippen LogP contribution is -2.53. The summed E-state index contributed by atoms with van der Waals surface area (Å²) in [5.74, 6) is -0.206. The second-order valence-electron chi connectivity index (χ2n) is 9.21. The topological polar surface area (TPSA) is 69.6 Å². The van der Waals surface area contributed by atoms with Gasteiger partial charge in [0, 0.05) is 6.92 Å². The minimum atomic E-state index is -1.26. The zero-order valence-corrected chi connectivity index (χ0v) is 19.9. The van der Waals surface area contributed by atoms with Crippen molar-refractivity contribution >= 4 is 19.2 Å². The van der Waals surface area contributed by atoms with Crippen LogP contribution in [0, 0.1) is 0 Å². The van der Waals surface area contributed by atoms with Crippen LogP contribution >= 0.6 is 0 Å². The van der Waals surface area contributed by atoms with Crippen LogP contribution in [0.5, 0.6) is 0 Å². The van der Waals surface area contributed by atoms with Crippen LogP contribution in [0.1, 0.15) is 71.1 Å². The first-order chi connectivity index (χ1) is 13.9. The maximum Gasteiger partial charge on any atom is 0.217 e. The Balaban J connectivity index is 2.04. The normalized spacial score (nSPS) is 12.2. The van der Waals surface area contributed by atoms with Crippen LogP contribution in [0.3, 0.4) is 0 Å². The van der Waals surface area contributed by atoms with E-state index in [2.05, 4.69) is 48.7 Å². The molecule has 0 heterocycles. The first kappa shape index (κ1) is 25.9. The molecule has 166 valence electrons. The quantitative estimate of drug-likeness (QED) is 0.274. The van der Waals surface area contributed by atoms with Gasteiger partial charge in [-0.1, -0.05) is 112 Å². The smallest absolute Gasteiger partial charge is 0.217 e. The molecule has 0 bridgehead atoms. The summed E-state index contributed by atoms with van der Waals surface area (Å²) in [5, 5.41) is 23.3. The van der Waals surface area contributed by atoms with Crippen LogP contribution in [-0.4, -0.2) is 42.9 Å². The molecular weight excluding hydrogens is 378 g/mol. The van der Waals surface area contributed by atoms with Gasteiger partial charge >= 0.3 is 0 Å². The first-order valence-corrected chi connectivity index (χ1v) is 14.6. The maximum atomic E-state index is 11.3. The van der Waals surface area contributed by atoms with Gasteiger partial charge in [-0.15, -0.1) is 0 Å². The van der Waals surface area contributed by atoms with Gasteiger partial charge in [0.05, 0.1) is 26.8 Å². The molecule has 29 heavy (non-hydrogen) atoms. The van der Waals surface area contributed by atoms with Crippen LogP contribution in [0.4, 0.5) is 0 Å². The number of benzene rings is 1. The fourth-order valence-electron chi connectivity index (χ4n) is 4.02. The highest BCUT2D eigenvalue weighted by Crippen LogP contribution is 2.18. The average Bonchev–Trinajstić information content (AvgIpc) is 2.71. The monoisotopic (exact) mass is 421 g/mol. The predicted octanol–water partition coefficient (Wildman–Crippen LogP) is 4.36. The number of nitrogens with one attached hydrogen (secondary N) is 1. The van der Waals surface area contributed by atoms with Gasteiger partial charge in [-0.05, 0) is 6.42 Å². The number of hydrogen-bond donors (Lipinski definition) is 3. The summed E-state index contributed by atoms with van der Waals surface area (Å²) in [6.07, 6.45) is 11.7. The molecule has 0 saturated heterocycles. The molecule has 0 saturated carbocycles. The van der Waals surface area contributed by atoms with Crippen molar-refractivity contribution < 1.29 is 15.0 Å². The van der Waals surface area contributed by atoms with Crippen LogP contribution in [0.25, 0.3) is 0 Å². The molecule has 1 aromatic carbocycles. The molecule has 0 atom stereocenters. The Labute approximate surface area is 179 Å². The maximum absolute atomic E-state index is 11.3. The number of amides is 1. The summed E-state index contributed by atoms with van der Waals surface area (Å²) in [6, 6.07) is 12.4. The summed E-state index contributed by atoms with van der Waals surface area (Å²) in [4.78, 5) is 11.3. The van der Waals surface area contributed by atoms with Crippen LogP contribution in [0.2, 0.25) is 19.1 Å². The first-order valence-electron chi connectivity index (χ1n) is 11.4. The number of unbranched alkanes of at least 4 members (excludes halogenated alkanes) is 8. The Kier molecular flexibility index (Phi) is 12.4. The highest BCUT2D eigenvalue weighted by molar-refractivity contribution is 6.89. The lowest BCUT2D eigenvalue weighted by Gasteiger charge is -2.30. The van der Waals surface area contributed by atoms with Crippen molar-refractivity contribution in [3.05, 3.63) is 30.3 Å². The van der Waals surface area contributed by atoms with Crippen molar-refractivity contribution in [2.45, 2.75) is 95.8 Å². The molecule has 0 aliphatic heterocycles. The zero-order chi connectivity index (χ0) is 21.6. The summed E-state index contributed by atoms with van der Waals surface area (Å²) in [6.45, 7) is 5.96. The molecule has 0 aliphatic carbocycles. The highest BCUT2D eigenvalue weighted by Gasteiger charge is 2.28. The lowest BCUT2D eigenvalue weighted by atomic mass is 9.93. The molecule has 4 nitrogen and oxygen atoms in total. The molecule has 1 aromatic rings. The SMILES string of the molecule is CC(=O)NC(CO)(CO)CCCCCCCCCCC[Si](C)(C)c1ccccc1. The van der Waals surface area contributed by atoms with E-state index in [4.69, 9.17) is 0 Å². The zero-order valence-electron chi connectivity index (χ0n) is 18.9. The third kappa shape index (κ3) is 10.4. The minimum Gasteiger partial charge on any atom is -0.394 e. The molecule has 0 fully saturated rings. The van der Waals surface area contributed by atoms with E-state index in [0.717, 1.165) is 12.8 Å². The fraction of sp³-hybridized carbons (Fsp3) is 0.708. The van der Waals surface area contributed by atoms with E-state index in [1.165, 1.54) is 57.9 Å². The number of carbonyl (C=O) groups excluding carboxylic acids is 1. The molecule has 1 amide bonds. The van der Waals surface area contributed by atoms with Crippen molar-refractivity contribution in [2.75, 3.05) is 13.2 Å². The van der Waals surface area contributed by atoms with Crippen LogP contribution in [-0.2, 0) is 4.79 Å². The molecule has 0 aliphatic rings. The van der Waals surface area contributed by atoms with Gasteiger partial charge in [-0.3, -0.25) is 4.79 Å². The Bertz CT molecular complexity index is 559. The number of carbonyl (C=O) groups is 1. The molecule has 3 N–H and O–H groups in total. The lowest BCUT2D eigenvalue weighted by molar-refractivity contribution is -0.122. The highest BCUT2D eigenvalue weighted by atomic mass is 28.3. The second kappa shape index (κ2) is 13.9.